The molecule has 0 bridgehead atoms. The highest BCUT2D eigenvalue weighted by Gasteiger charge is 2.37. The van der Waals surface area contributed by atoms with Gasteiger partial charge >= 0.3 is 0 Å². The van der Waals surface area contributed by atoms with Crippen molar-refractivity contribution in [1.29, 1.82) is 0 Å². The number of nitrogens with one attached hydrogen (secondary N) is 1. The van der Waals surface area contributed by atoms with E-state index in [2.05, 4.69) is 159 Å². The molecule has 7 rings (SSSR count). The number of rotatable bonds is 5. The van der Waals surface area contributed by atoms with E-state index in [1.54, 1.807) is 0 Å². The van der Waals surface area contributed by atoms with Gasteiger partial charge in [-0.2, -0.15) is 0 Å². The van der Waals surface area contributed by atoms with Gasteiger partial charge in [0.05, 0.1) is 0 Å². The quantitative estimate of drug-likeness (QED) is 0.242. The van der Waals surface area contributed by atoms with Gasteiger partial charge in [0, 0.05) is 16.8 Å². The fourth-order valence-electron chi connectivity index (χ4n) is 6.11. The Morgan fingerprint density at radius 2 is 0.925 bits per heavy atom. The average Bonchev–Trinajstić information content (AvgIpc) is 3.25. The van der Waals surface area contributed by atoms with Crippen LogP contribution >= 0.6 is 0 Å². The van der Waals surface area contributed by atoms with Crippen LogP contribution in [0.5, 0.6) is 0 Å². The van der Waals surface area contributed by atoms with Crippen molar-refractivity contribution >= 4 is 11.4 Å². The van der Waals surface area contributed by atoms with E-state index in [4.69, 9.17) is 0 Å². The second-order valence-electron chi connectivity index (χ2n) is 11.1. The highest BCUT2D eigenvalue weighted by molar-refractivity contribution is 5.93. The van der Waals surface area contributed by atoms with Gasteiger partial charge in [0.1, 0.15) is 0 Å². The van der Waals surface area contributed by atoms with E-state index in [0.717, 1.165) is 11.4 Å². The fourth-order valence-corrected chi connectivity index (χ4v) is 6.11. The van der Waals surface area contributed by atoms with Crippen molar-refractivity contribution < 1.29 is 0 Å². The molecule has 0 saturated carbocycles. The summed E-state index contributed by atoms with van der Waals surface area (Å²) in [6.45, 7) is 4.71. The number of hydrogen-bond acceptors (Lipinski definition) is 1. The highest BCUT2D eigenvalue weighted by atomic mass is 14.9. The van der Waals surface area contributed by atoms with E-state index >= 15 is 0 Å². The Morgan fingerprint density at radius 3 is 1.55 bits per heavy atom. The van der Waals surface area contributed by atoms with Crippen LogP contribution in [0.2, 0.25) is 0 Å². The Morgan fingerprint density at radius 1 is 0.400 bits per heavy atom. The molecule has 1 aliphatic carbocycles. The maximum Gasteiger partial charge on any atom is 0.0384 e. The van der Waals surface area contributed by atoms with Gasteiger partial charge in [-0.1, -0.05) is 129 Å². The Balaban J connectivity index is 1.16. The van der Waals surface area contributed by atoms with Crippen LogP contribution in [-0.2, 0) is 5.41 Å². The first-order valence-corrected chi connectivity index (χ1v) is 13.9. The maximum absolute atomic E-state index is 3.55. The third kappa shape index (κ3) is 4.21. The molecule has 0 aromatic heterocycles. The van der Waals surface area contributed by atoms with Crippen molar-refractivity contribution in [2.75, 3.05) is 5.32 Å². The number of benzene rings is 6. The third-order valence-corrected chi connectivity index (χ3v) is 8.28. The van der Waals surface area contributed by atoms with Crippen molar-refractivity contribution in [3.8, 4) is 44.5 Å². The van der Waals surface area contributed by atoms with E-state index < -0.39 is 0 Å². The van der Waals surface area contributed by atoms with Gasteiger partial charge in [-0.25, -0.2) is 0 Å². The fraction of sp³-hybridized carbons (Fsp3) is 0.0769. The Hall–Kier alpha value is -4.88. The lowest BCUT2D eigenvalue weighted by atomic mass is 9.81. The average molecular weight is 514 g/mol. The van der Waals surface area contributed by atoms with Crippen molar-refractivity contribution in [3.05, 3.63) is 157 Å². The van der Waals surface area contributed by atoms with Crippen LogP contribution < -0.4 is 5.32 Å². The molecule has 0 spiro atoms. The molecule has 1 heteroatoms. The predicted molar refractivity (Wildman–Crippen MR) is 170 cm³/mol. The maximum atomic E-state index is 3.55. The lowest BCUT2D eigenvalue weighted by Gasteiger charge is -2.22. The molecule has 1 N–H and O–H groups in total. The van der Waals surface area contributed by atoms with Crippen LogP contribution in [0, 0.1) is 0 Å². The van der Waals surface area contributed by atoms with Crippen molar-refractivity contribution in [2.24, 2.45) is 0 Å². The van der Waals surface area contributed by atoms with E-state index in [-0.39, 0.29) is 5.41 Å². The first kappa shape index (κ1) is 24.2. The number of anilines is 2. The molecule has 192 valence electrons. The SMILES string of the molecule is CC1(C)c2cc(-c3ccc(Nc4ccc(-c5ccccc5)cc4)cc3)ccc2-c2c(-c3ccccc3)cccc21. The molecule has 0 atom stereocenters. The monoisotopic (exact) mass is 513 g/mol. The minimum atomic E-state index is -0.0567. The second-order valence-corrected chi connectivity index (χ2v) is 11.1. The van der Waals surface area contributed by atoms with Crippen LogP contribution in [-0.4, -0.2) is 0 Å². The van der Waals surface area contributed by atoms with Gasteiger partial charge in [0.2, 0.25) is 0 Å². The van der Waals surface area contributed by atoms with Gasteiger partial charge in [-0.3, -0.25) is 0 Å². The molecule has 0 radical (unpaired) electrons. The summed E-state index contributed by atoms with van der Waals surface area (Å²) in [7, 11) is 0. The Bertz CT molecular complexity index is 1800. The van der Waals surface area contributed by atoms with Crippen LogP contribution in [0.3, 0.4) is 0 Å². The van der Waals surface area contributed by atoms with Crippen molar-refractivity contribution in [1.82, 2.24) is 0 Å². The Labute approximate surface area is 236 Å². The van der Waals surface area contributed by atoms with Crippen LogP contribution in [0.4, 0.5) is 11.4 Å². The largest absolute Gasteiger partial charge is 0.356 e. The molecule has 0 heterocycles. The lowest BCUT2D eigenvalue weighted by molar-refractivity contribution is 0.660. The molecule has 40 heavy (non-hydrogen) atoms. The van der Waals surface area contributed by atoms with Crippen LogP contribution in [0.25, 0.3) is 44.5 Å². The zero-order valence-electron chi connectivity index (χ0n) is 22.9. The molecular weight excluding hydrogens is 482 g/mol. The first-order valence-electron chi connectivity index (χ1n) is 13.9. The molecule has 1 nitrogen and oxygen atoms in total. The topological polar surface area (TPSA) is 12.0 Å². The third-order valence-electron chi connectivity index (χ3n) is 8.28. The van der Waals surface area contributed by atoms with E-state index in [9.17, 15) is 0 Å². The first-order chi connectivity index (χ1) is 19.6. The van der Waals surface area contributed by atoms with Gasteiger partial charge in [0.15, 0.2) is 0 Å². The normalized spacial score (nSPS) is 12.9. The highest BCUT2D eigenvalue weighted by Crippen LogP contribution is 2.52. The summed E-state index contributed by atoms with van der Waals surface area (Å²) in [5.74, 6) is 0. The molecular formula is C39H31N. The smallest absolute Gasteiger partial charge is 0.0384 e. The molecule has 0 saturated heterocycles. The van der Waals surface area contributed by atoms with Crippen molar-refractivity contribution in [3.63, 3.8) is 0 Å². The minimum absolute atomic E-state index is 0.0567. The molecule has 0 fully saturated rings. The molecule has 6 aromatic carbocycles. The number of hydrogen-bond donors (Lipinski definition) is 1. The second kappa shape index (κ2) is 9.70. The van der Waals surface area contributed by atoms with E-state index in [0.29, 0.717) is 0 Å². The summed E-state index contributed by atoms with van der Waals surface area (Å²) in [4.78, 5) is 0. The molecule has 0 aliphatic heterocycles. The standard InChI is InChI=1S/C39H31N/c1-39(2)36-15-9-14-34(30-12-7-4-8-13-30)38(36)35-25-20-31(26-37(35)39)29-18-23-33(24-19-29)40-32-21-16-28(17-22-32)27-10-5-3-6-11-27/h3-26,40H,1-2H3. The van der Waals surface area contributed by atoms with Gasteiger partial charge in [-0.05, 0) is 86.0 Å². The van der Waals surface area contributed by atoms with Crippen molar-refractivity contribution in [2.45, 2.75) is 19.3 Å². The molecule has 0 amide bonds. The summed E-state index contributed by atoms with van der Waals surface area (Å²) in [6.07, 6.45) is 0. The zero-order chi connectivity index (χ0) is 27.1. The summed E-state index contributed by atoms with van der Waals surface area (Å²) >= 11 is 0. The van der Waals surface area contributed by atoms with Gasteiger partial charge in [-0.15, -0.1) is 0 Å². The van der Waals surface area contributed by atoms with E-state index in [1.165, 1.54) is 55.6 Å². The lowest BCUT2D eigenvalue weighted by Crippen LogP contribution is -2.15. The van der Waals surface area contributed by atoms with Gasteiger partial charge in [0.25, 0.3) is 0 Å². The summed E-state index contributed by atoms with van der Waals surface area (Å²) in [5.41, 5.74) is 15.1. The Kier molecular flexibility index (Phi) is 5.86. The van der Waals surface area contributed by atoms with E-state index in [1.807, 2.05) is 6.07 Å². The van der Waals surface area contributed by atoms with Crippen LogP contribution in [0.1, 0.15) is 25.0 Å². The summed E-state index contributed by atoms with van der Waals surface area (Å²) in [5, 5.41) is 3.55. The van der Waals surface area contributed by atoms with Crippen LogP contribution in [0.15, 0.2) is 146 Å². The summed E-state index contributed by atoms with van der Waals surface area (Å²) in [6, 6.07) is 52.4. The minimum Gasteiger partial charge on any atom is -0.356 e. The molecule has 0 unspecified atom stereocenters. The number of fused-ring (bicyclic) bond motifs is 3. The molecule has 1 aliphatic rings. The summed E-state index contributed by atoms with van der Waals surface area (Å²) < 4.78 is 0. The van der Waals surface area contributed by atoms with Gasteiger partial charge < -0.3 is 5.32 Å². The molecule has 6 aromatic rings. The predicted octanol–water partition coefficient (Wildman–Crippen LogP) is 10.7. The zero-order valence-corrected chi connectivity index (χ0v) is 22.9.